The Hall–Kier alpha value is -0.790. The van der Waals surface area contributed by atoms with Crippen LogP contribution in [0, 0.1) is 0 Å². The predicted octanol–water partition coefficient (Wildman–Crippen LogP) is 9.57. The fourth-order valence-corrected chi connectivity index (χ4v) is 4.97. The van der Waals surface area contributed by atoms with Crippen LogP contribution in [0.5, 0.6) is 0 Å². The fourth-order valence-electron chi connectivity index (χ4n) is 4.97. The zero-order valence-electron chi connectivity index (χ0n) is 22.5. The van der Waals surface area contributed by atoms with Gasteiger partial charge in [-0.2, -0.15) is 0 Å². The van der Waals surface area contributed by atoms with Crippen LogP contribution in [-0.4, -0.2) is 4.57 Å². The molecule has 0 N–H and O–H groups in total. The molecule has 0 saturated carbocycles. The van der Waals surface area contributed by atoms with E-state index in [1.807, 2.05) is 0 Å². The number of aryl methyl sites for hydroxylation is 2. The summed E-state index contributed by atoms with van der Waals surface area (Å²) < 4.78 is 5.10. The van der Waals surface area contributed by atoms with Crippen molar-refractivity contribution in [2.45, 2.75) is 175 Å². The van der Waals surface area contributed by atoms with Crippen molar-refractivity contribution in [3.05, 3.63) is 18.2 Å². The van der Waals surface area contributed by atoms with Gasteiger partial charge in [0.15, 0.2) is 0 Å². The highest BCUT2D eigenvalue weighted by Gasteiger charge is 2.15. The molecular weight excluding hydrogens is 388 g/mol. The first-order valence-electron chi connectivity index (χ1n) is 14.9. The lowest BCUT2D eigenvalue weighted by Gasteiger charge is -2.06. The molecule has 0 aromatic carbocycles. The molecule has 0 fully saturated rings. The average Bonchev–Trinajstić information content (AvgIpc) is 3.18. The maximum Gasteiger partial charge on any atom is 0.256 e. The van der Waals surface area contributed by atoms with E-state index in [0.29, 0.717) is 0 Å². The number of aromatic nitrogens is 2. The van der Waals surface area contributed by atoms with Gasteiger partial charge >= 0.3 is 0 Å². The topological polar surface area (TPSA) is 8.81 Å². The molecule has 1 aromatic rings. The highest BCUT2D eigenvalue weighted by atomic mass is 15.1. The third-order valence-electron chi connectivity index (χ3n) is 7.06. The maximum atomic E-state index is 2.57. The maximum absolute atomic E-state index is 2.57. The van der Waals surface area contributed by atoms with Crippen molar-refractivity contribution in [2.24, 2.45) is 0 Å². The predicted molar refractivity (Wildman–Crippen MR) is 142 cm³/mol. The standard InChI is InChI=1S/C30H59N2/c1-4-7-9-11-13-14-15-16-17-18-19-20-22-24-27-32-29-28-31(26-6-3)30(32)25-23-21-12-10-8-5-2/h28-29H,4-27H2,1-3H3/q+1. The van der Waals surface area contributed by atoms with Crippen molar-refractivity contribution in [1.29, 1.82) is 0 Å². The molecule has 2 heteroatoms. The summed E-state index contributed by atoms with van der Waals surface area (Å²) in [5.41, 5.74) is 0. The lowest BCUT2D eigenvalue weighted by atomic mass is 10.0. The summed E-state index contributed by atoms with van der Waals surface area (Å²) in [5.74, 6) is 1.58. The van der Waals surface area contributed by atoms with Gasteiger partial charge in [-0.15, -0.1) is 0 Å². The van der Waals surface area contributed by atoms with Gasteiger partial charge in [0.25, 0.3) is 5.82 Å². The minimum atomic E-state index is 1.18. The van der Waals surface area contributed by atoms with Crippen molar-refractivity contribution in [3.63, 3.8) is 0 Å². The van der Waals surface area contributed by atoms with Crippen LogP contribution in [0.4, 0.5) is 0 Å². The zero-order chi connectivity index (χ0) is 23.1. The Bertz CT molecular complexity index is 505. The molecular formula is C30H59N2+. The number of rotatable bonds is 24. The number of nitrogens with zero attached hydrogens (tertiary/aromatic N) is 2. The summed E-state index contributed by atoms with van der Waals surface area (Å²) in [7, 11) is 0. The third kappa shape index (κ3) is 15.1. The summed E-state index contributed by atoms with van der Waals surface area (Å²) in [4.78, 5) is 0. The molecule has 1 aromatic heterocycles. The third-order valence-corrected chi connectivity index (χ3v) is 7.06. The van der Waals surface area contributed by atoms with Gasteiger partial charge in [0, 0.05) is 6.42 Å². The summed E-state index contributed by atoms with van der Waals surface area (Å²) in [5, 5.41) is 0. The quantitative estimate of drug-likeness (QED) is 0.110. The van der Waals surface area contributed by atoms with Crippen LogP contribution >= 0.6 is 0 Å². The van der Waals surface area contributed by atoms with Gasteiger partial charge in [0.2, 0.25) is 0 Å². The SMILES string of the molecule is CCCCCCCCCCCCCCCCn1cc[n+](CCC)c1CCCCCCCC. The van der Waals surface area contributed by atoms with E-state index in [1.165, 1.54) is 154 Å². The molecule has 0 amide bonds. The lowest BCUT2D eigenvalue weighted by Crippen LogP contribution is -2.37. The summed E-state index contributed by atoms with van der Waals surface area (Å²) in [6.45, 7) is 9.30. The van der Waals surface area contributed by atoms with Crippen LogP contribution in [0.3, 0.4) is 0 Å². The van der Waals surface area contributed by atoms with Gasteiger partial charge in [-0.1, -0.05) is 130 Å². The van der Waals surface area contributed by atoms with E-state index < -0.39 is 0 Å². The first-order chi connectivity index (χ1) is 15.8. The molecule has 0 atom stereocenters. The van der Waals surface area contributed by atoms with Gasteiger partial charge in [0.05, 0.1) is 13.1 Å². The van der Waals surface area contributed by atoms with Crippen LogP contribution in [0.2, 0.25) is 0 Å². The molecule has 0 aliphatic heterocycles. The Labute approximate surface area is 202 Å². The van der Waals surface area contributed by atoms with Crippen molar-refractivity contribution >= 4 is 0 Å². The van der Waals surface area contributed by atoms with Crippen molar-refractivity contribution in [2.75, 3.05) is 0 Å². The van der Waals surface area contributed by atoms with Crippen LogP contribution in [-0.2, 0) is 19.5 Å². The first-order valence-corrected chi connectivity index (χ1v) is 14.9. The highest BCUT2D eigenvalue weighted by Crippen LogP contribution is 2.14. The average molecular weight is 448 g/mol. The van der Waals surface area contributed by atoms with Gasteiger partial charge in [-0.3, -0.25) is 0 Å². The van der Waals surface area contributed by atoms with Gasteiger partial charge in [0.1, 0.15) is 12.4 Å². The molecule has 0 aliphatic rings. The van der Waals surface area contributed by atoms with Gasteiger partial charge in [-0.25, -0.2) is 9.13 Å². The zero-order valence-corrected chi connectivity index (χ0v) is 22.5. The minimum absolute atomic E-state index is 1.18. The molecule has 0 radical (unpaired) electrons. The van der Waals surface area contributed by atoms with Gasteiger partial charge in [-0.05, 0) is 25.7 Å². The lowest BCUT2D eigenvalue weighted by molar-refractivity contribution is -0.703. The summed E-state index contributed by atoms with van der Waals surface area (Å²) in [6.07, 6.45) is 35.7. The monoisotopic (exact) mass is 447 g/mol. The molecule has 0 bridgehead atoms. The summed E-state index contributed by atoms with van der Waals surface area (Å²) in [6, 6.07) is 0. The molecule has 0 unspecified atom stereocenters. The van der Waals surface area contributed by atoms with Crippen LogP contribution < -0.4 is 4.57 Å². The summed E-state index contributed by atoms with van der Waals surface area (Å²) >= 11 is 0. The largest absolute Gasteiger partial charge is 0.256 e. The van der Waals surface area contributed by atoms with Crippen molar-refractivity contribution in [1.82, 2.24) is 4.57 Å². The molecule has 0 aliphatic carbocycles. The number of unbranched alkanes of at least 4 members (excludes halogenated alkanes) is 18. The highest BCUT2D eigenvalue weighted by molar-refractivity contribution is 4.84. The number of imidazole rings is 1. The number of hydrogen-bond donors (Lipinski definition) is 0. The molecule has 1 rings (SSSR count). The van der Waals surface area contributed by atoms with E-state index in [4.69, 9.17) is 0 Å². The van der Waals surface area contributed by atoms with Crippen LogP contribution in [0.1, 0.15) is 161 Å². The normalized spacial score (nSPS) is 11.5. The Kier molecular flexibility index (Phi) is 20.1. The van der Waals surface area contributed by atoms with E-state index in [2.05, 4.69) is 42.3 Å². The second-order valence-corrected chi connectivity index (χ2v) is 10.2. The molecule has 0 saturated heterocycles. The molecule has 2 nitrogen and oxygen atoms in total. The van der Waals surface area contributed by atoms with Crippen LogP contribution in [0.15, 0.2) is 12.4 Å². The van der Waals surface area contributed by atoms with Crippen molar-refractivity contribution in [3.8, 4) is 0 Å². The molecule has 32 heavy (non-hydrogen) atoms. The molecule has 188 valence electrons. The smallest absolute Gasteiger partial charge is 0.234 e. The minimum Gasteiger partial charge on any atom is -0.234 e. The van der Waals surface area contributed by atoms with Crippen molar-refractivity contribution < 1.29 is 4.57 Å². The van der Waals surface area contributed by atoms with Crippen LogP contribution in [0.25, 0.3) is 0 Å². The Morgan fingerprint density at radius 1 is 0.531 bits per heavy atom. The Morgan fingerprint density at radius 2 is 0.969 bits per heavy atom. The van der Waals surface area contributed by atoms with E-state index >= 15 is 0 Å². The fraction of sp³-hybridized carbons (Fsp3) is 0.900. The Morgan fingerprint density at radius 3 is 1.44 bits per heavy atom. The van der Waals surface area contributed by atoms with E-state index in [-0.39, 0.29) is 0 Å². The second-order valence-electron chi connectivity index (χ2n) is 10.2. The molecule has 0 spiro atoms. The second kappa shape index (κ2) is 22.0. The van der Waals surface area contributed by atoms with E-state index in [0.717, 1.165) is 0 Å². The van der Waals surface area contributed by atoms with E-state index in [9.17, 15) is 0 Å². The first kappa shape index (κ1) is 29.2. The number of hydrogen-bond acceptors (Lipinski definition) is 0. The Balaban J connectivity index is 2.09. The van der Waals surface area contributed by atoms with Gasteiger partial charge < -0.3 is 0 Å². The van der Waals surface area contributed by atoms with E-state index in [1.54, 1.807) is 5.82 Å². The molecule has 1 heterocycles.